The van der Waals surface area contributed by atoms with E-state index in [2.05, 4.69) is 15.6 Å². The molecule has 0 saturated carbocycles. The van der Waals surface area contributed by atoms with Crippen molar-refractivity contribution in [3.63, 3.8) is 0 Å². The Labute approximate surface area is 148 Å². The Morgan fingerprint density at radius 3 is 2.92 bits per heavy atom. The first kappa shape index (κ1) is 16.5. The first-order chi connectivity index (χ1) is 11.6. The van der Waals surface area contributed by atoms with Gasteiger partial charge in [-0.05, 0) is 42.0 Å². The fourth-order valence-corrected chi connectivity index (χ4v) is 2.47. The van der Waals surface area contributed by atoms with Crippen LogP contribution in [0.4, 0.5) is 4.39 Å². The fourth-order valence-electron chi connectivity index (χ4n) is 2.08. The molecule has 0 aliphatic rings. The van der Waals surface area contributed by atoms with E-state index < -0.39 is 0 Å². The van der Waals surface area contributed by atoms with Crippen LogP contribution in [-0.4, -0.2) is 14.9 Å². The van der Waals surface area contributed by atoms with E-state index in [1.54, 1.807) is 17.1 Å². The Morgan fingerprint density at radius 1 is 1.29 bits per heavy atom. The third-order valence-corrected chi connectivity index (χ3v) is 3.95. The predicted molar refractivity (Wildman–Crippen MR) is 92.7 cm³/mol. The topological polar surface area (TPSA) is 54.9 Å². The molecule has 0 aliphatic carbocycles. The van der Waals surface area contributed by atoms with Gasteiger partial charge in [-0.2, -0.15) is 5.10 Å². The SMILES string of the molecule is Fc1ccc(COc2cccc(CNn3cn[nH]c3=S)c2)c(Cl)c1. The molecule has 0 atom stereocenters. The number of nitrogens with one attached hydrogen (secondary N) is 2. The van der Waals surface area contributed by atoms with Crippen LogP contribution in [-0.2, 0) is 13.2 Å². The largest absolute Gasteiger partial charge is 0.489 e. The molecule has 0 fully saturated rings. The lowest BCUT2D eigenvalue weighted by Crippen LogP contribution is -2.13. The molecule has 24 heavy (non-hydrogen) atoms. The van der Waals surface area contributed by atoms with E-state index in [-0.39, 0.29) is 12.4 Å². The predicted octanol–water partition coefficient (Wildman–Crippen LogP) is 4.06. The van der Waals surface area contributed by atoms with E-state index in [9.17, 15) is 4.39 Å². The average molecular weight is 365 g/mol. The molecule has 124 valence electrons. The van der Waals surface area contributed by atoms with Crippen LogP contribution in [0.5, 0.6) is 5.75 Å². The van der Waals surface area contributed by atoms with Gasteiger partial charge in [0.25, 0.3) is 0 Å². The molecular formula is C16H14ClFN4OS. The molecule has 1 aromatic heterocycles. The van der Waals surface area contributed by atoms with Crippen LogP contribution < -0.4 is 10.2 Å². The van der Waals surface area contributed by atoms with Gasteiger partial charge in [-0.1, -0.05) is 29.8 Å². The van der Waals surface area contributed by atoms with Gasteiger partial charge in [-0.3, -0.25) is 5.10 Å². The van der Waals surface area contributed by atoms with Crippen molar-refractivity contribution in [3.05, 3.63) is 75.5 Å². The third kappa shape index (κ3) is 4.12. The molecule has 0 amide bonds. The molecule has 3 aromatic rings. The zero-order valence-electron chi connectivity index (χ0n) is 12.5. The highest BCUT2D eigenvalue weighted by molar-refractivity contribution is 7.71. The summed E-state index contributed by atoms with van der Waals surface area (Å²) in [5.41, 5.74) is 4.87. The fraction of sp³-hybridized carbons (Fsp3) is 0.125. The molecule has 5 nitrogen and oxygen atoms in total. The van der Waals surface area contributed by atoms with Crippen LogP contribution in [0.15, 0.2) is 48.8 Å². The minimum Gasteiger partial charge on any atom is -0.489 e. The molecule has 0 bridgehead atoms. The van der Waals surface area contributed by atoms with Crippen molar-refractivity contribution in [2.75, 3.05) is 5.43 Å². The van der Waals surface area contributed by atoms with Gasteiger partial charge in [0.1, 0.15) is 24.5 Å². The third-order valence-electron chi connectivity index (χ3n) is 3.31. The number of nitrogens with zero attached hydrogens (tertiary/aromatic N) is 2. The number of hydrogen-bond donors (Lipinski definition) is 2. The van der Waals surface area contributed by atoms with Gasteiger partial charge in [-0.25, -0.2) is 9.07 Å². The number of hydrogen-bond acceptors (Lipinski definition) is 4. The maximum Gasteiger partial charge on any atom is 0.214 e. The molecule has 1 heterocycles. The second-order valence-corrected chi connectivity index (χ2v) is 5.83. The Morgan fingerprint density at radius 2 is 2.17 bits per heavy atom. The Bertz CT molecular complexity index is 896. The minimum atomic E-state index is -0.366. The molecule has 0 radical (unpaired) electrons. The summed E-state index contributed by atoms with van der Waals surface area (Å²) in [5.74, 6) is 0.333. The van der Waals surface area contributed by atoms with E-state index in [0.717, 1.165) is 11.1 Å². The maximum absolute atomic E-state index is 13.0. The summed E-state index contributed by atoms with van der Waals surface area (Å²) >= 11 is 11.1. The lowest BCUT2D eigenvalue weighted by Gasteiger charge is -2.10. The summed E-state index contributed by atoms with van der Waals surface area (Å²) in [4.78, 5) is 0. The molecule has 2 N–H and O–H groups in total. The molecule has 0 unspecified atom stereocenters. The minimum absolute atomic E-state index is 0.267. The van der Waals surface area contributed by atoms with Crippen LogP contribution in [0.2, 0.25) is 5.02 Å². The average Bonchev–Trinajstić information content (AvgIpc) is 2.98. The van der Waals surface area contributed by atoms with Crippen LogP contribution in [0, 0.1) is 10.6 Å². The summed E-state index contributed by atoms with van der Waals surface area (Å²) in [5, 5.41) is 6.85. The Kier molecular flexibility index (Phi) is 5.12. The van der Waals surface area contributed by atoms with E-state index in [1.807, 2.05) is 24.3 Å². The van der Waals surface area contributed by atoms with Crippen molar-refractivity contribution in [1.82, 2.24) is 14.9 Å². The van der Waals surface area contributed by atoms with Crippen LogP contribution in [0.3, 0.4) is 0 Å². The summed E-state index contributed by atoms with van der Waals surface area (Å²) in [6.07, 6.45) is 1.57. The van der Waals surface area contributed by atoms with Gasteiger partial charge >= 0.3 is 0 Å². The zero-order chi connectivity index (χ0) is 16.9. The van der Waals surface area contributed by atoms with Crippen molar-refractivity contribution in [2.24, 2.45) is 0 Å². The van der Waals surface area contributed by atoms with Gasteiger partial charge in [0.2, 0.25) is 4.77 Å². The van der Waals surface area contributed by atoms with Crippen molar-refractivity contribution in [3.8, 4) is 5.75 Å². The number of aromatic nitrogens is 3. The molecule has 3 rings (SSSR count). The summed E-state index contributed by atoms with van der Waals surface area (Å²) < 4.78 is 20.9. The van der Waals surface area contributed by atoms with E-state index in [4.69, 9.17) is 28.6 Å². The summed E-state index contributed by atoms with van der Waals surface area (Å²) in [6, 6.07) is 11.9. The van der Waals surface area contributed by atoms with Crippen LogP contribution >= 0.6 is 23.8 Å². The molecule has 0 aliphatic heterocycles. The quantitative estimate of drug-likeness (QED) is 0.648. The number of halogens is 2. The number of H-pyrrole nitrogens is 1. The van der Waals surface area contributed by atoms with Crippen molar-refractivity contribution in [1.29, 1.82) is 0 Å². The first-order valence-corrected chi connectivity index (χ1v) is 7.92. The zero-order valence-corrected chi connectivity index (χ0v) is 14.1. The molecule has 2 aromatic carbocycles. The highest BCUT2D eigenvalue weighted by Crippen LogP contribution is 2.20. The number of benzene rings is 2. The van der Waals surface area contributed by atoms with Crippen LogP contribution in [0.25, 0.3) is 0 Å². The lowest BCUT2D eigenvalue weighted by molar-refractivity contribution is 0.306. The van der Waals surface area contributed by atoms with Gasteiger partial charge < -0.3 is 10.2 Å². The highest BCUT2D eigenvalue weighted by Gasteiger charge is 2.04. The second kappa shape index (κ2) is 7.46. The van der Waals surface area contributed by atoms with Gasteiger partial charge in [0.15, 0.2) is 0 Å². The van der Waals surface area contributed by atoms with Crippen LogP contribution in [0.1, 0.15) is 11.1 Å². The van der Waals surface area contributed by atoms with Gasteiger partial charge in [0.05, 0.1) is 11.6 Å². The number of ether oxygens (including phenoxy) is 1. The molecule has 8 heteroatoms. The summed E-state index contributed by atoms with van der Waals surface area (Å²) in [7, 11) is 0. The first-order valence-electron chi connectivity index (χ1n) is 7.13. The van der Waals surface area contributed by atoms with Crippen molar-refractivity contribution in [2.45, 2.75) is 13.2 Å². The Hall–Kier alpha value is -2.38. The van der Waals surface area contributed by atoms with Crippen molar-refractivity contribution >= 4 is 23.8 Å². The standard InChI is InChI=1S/C16H14ClFN4OS/c17-15-7-13(18)5-4-12(15)9-23-14-3-1-2-11(6-14)8-20-22-10-19-21-16(22)24/h1-7,10,20H,8-9H2,(H,21,24). The van der Waals surface area contributed by atoms with Crippen molar-refractivity contribution < 1.29 is 9.13 Å². The highest BCUT2D eigenvalue weighted by atomic mass is 35.5. The molecular weight excluding hydrogens is 351 g/mol. The molecule has 0 spiro atoms. The molecule has 0 saturated heterocycles. The van der Waals surface area contributed by atoms with E-state index in [0.29, 0.717) is 22.1 Å². The van der Waals surface area contributed by atoms with Gasteiger partial charge in [-0.15, -0.1) is 0 Å². The number of rotatable bonds is 6. The second-order valence-electron chi connectivity index (χ2n) is 5.04. The Balaban J connectivity index is 1.62. The monoisotopic (exact) mass is 364 g/mol. The normalized spacial score (nSPS) is 10.6. The van der Waals surface area contributed by atoms with E-state index >= 15 is 0 Å². The number of aromatic amines is 1. The van der Waals surface area contributed by atoms with E-state index in [1.165, 1.54) is 12.1 Å². The maximum atomic E-state index is 13.0. The smallest absolute Gasteiger partial charge is 0.214 e. The lowest BCUT2D eigenvalue weighted by atomic mass is 10.2. The van der Waals surface area contributed by atoms with Gasteiger partial charge in [0, 0.05) is 5.56 Å². The summed E-state index contributed by atoms with van der Waals surface area (Å²) in [6.45, 7) is 0.825.